The molecule has 1 aromatic rings. The van der Waals surface area contributed by atoms with Gasteiger partial charge in [-0.05, 0) is 36.5 Å². The zero-order chi connectivity index (χ0) is 20.6. The maximum absolute atomic E-state index is 12.9. The normalized spacial score (nSPS) is 21.1. The lowest BCUT2D eigenvalue weighted by atomic mass is 9.75. The summed E-state index contributed by atoms with van der Waals surface area (Å²) in [5.41, 5.74) is -0.456. The first-order valence-corrected chi connectivity index (χ1v) is 8.76. The highest BCUT2D eigenvalue weighted by molar-refractivity contribution is 6.34. The van der Waals surface area contributed by atoms with E-state index in [4.69, 9.17) is 11.6 Å². The van der Waals surface area contributed by atoms with Gasteiger partial charge in [0.25, 0.3) is 0 Å². The molecule has 2 atom stereocenters. The van der Waals surface area contributed by atoms with E-state index in [1.54, 1.807) is 0 Å². The lowest BCUT2D eigenvalue weighted by molar-refractivity contribution is -0.274. The molecule has 0 aliphatic carbocycles. The molecule has 1 heterocycles. The van der Waals surface area contributed by atoms with Gasteiger partial charge < -0.3 is 14.7 Å². The highest BCUT2D eigenvalue weighted by Gasteiger charge is 2.41. The number of carbonyl (C=O) groups excluding carboxylic acids is 1. The molecule has 0 spiro atoms. The minimum absolute atomic E-state index is 0.0301. The standard InChI is InChI=1S/C18H21ClF3NO4/c1-17(2,3)14-8-10(6-7-23(14)16(25)26)15(24)12-9-11(4-5-13(12)19)27-18(20,21)22/h4-5,9-10,14H,6-8H2,1-3H3,(H,25,26). The third kappa shape index (κ3) is 5.28. The van der Waals surface area contributed by atoms with Crippen molar-refractivity contribution in [3.63, 3.8) is 0 Å². The highest BCUT2D eigenvalue weighted by atomic mass is 35.5. The predicted molar refractivity (Wildman–Crippen MR) is 93.2 cm³/mol. The van der Waals surface area contributed by atoms with Crippen LogP contribution >= 0.6 is 11.6 Å². The Morgan fingerprint density at radius 1 is 1.26 bits per heavy atom. The Morgan fingerprint density at radius 3 is 2.41 bits per heavy atom. The van der Waals surface area contributed by atoms with Gasteiger partial charge >= 0.3 is 12.5 Å². The van der Waals surface area contributed by atoms with Crippen LogP contribution in [-0.4, -0.2) is 40.8 Å². The van der Waals surface area contributed by atoms with Crippen molar-refractivity contribution < 1.29 is 32.6 Å². The summed E-state index contributed by atoms with van der Waals surface area (Å²) < 4.78 is 41.1. The molecule has 1 fully saturated rings. The number of amides is 1. The van der Waals surface area contributed by atoms with E-state index in [2.05, 4.69) is 4.74 Å². The molecule has 1 amide bonds. The molecule has 1 aliphatic heterocycles. The highest BCUT2D eigenvalue weighted by Crippen LogP contribution is 2.37. The second kappa shape index (κ2) is 7.58. The van der Waals surface area contributed by atoms with Crippen LogP contribution in [0.25, 0.3) is 0 Å². The second-order valence-electron chi connectivity index (χ2n) is 7.63. The van der Waals surface area contributed by atoms with E-state index in [9.17, 15) is 27.9 Å². The van der Waals surface area contributed by atoms with Crippen LogP contribution in [0.1, 0.15) is 44.0 Å². The van der Waals surface area contributed by atoms with Gasteiger partial charge in [-0.15, -0.1) is 13.2 Å². The Morgan fingerprint density at radius 2 is 1.89 bits per heavy atom. The number of benzene rings is 1. The largest absolute Gasteiger partial charge is 0.573 e. The number of carbonyl (C=O) groups is 2. The number of halogens is 4. The van der Waals surface area contributed by atoms with Crippen molar-refractivity contribution in [2.75, 3.05) is 6.54 Å². The zero-order valence-corrected chi connectivity index (χ0v) is 15.9. The van der Waals surface area contributed by atoms with E-state index in [0.717, 1.165) is 12.1 Å². The number of ether oxygens (including phenoxy) is 1. The fourth-order valence-electron chi connectivity index (χ4n) is 3.36. The van der Waals surface area contributed by atoms with Crippen LogP contribution in [-0.2, 0) is 0 Å². The van der Waals surface area contributed by atoms with E-state index in [1.807, 2.05) is 20.8 Å². The summed E-state index contributed by atoms with van der Waals surface area (Å²) in [6.07, 6.45) is -5.38. The Bertz CT molecular complexity index is 730. The summed E-state index contributed by atoms with van der Waals surface area (Å²) in [5.74, 6) is -1.47. The molecule has 2 unspecified atom stereocenters. The molecule has 1 saturated heterocycles. The molecule has 0 aromatic heterocycles. The average Bonchev–Trinajstić information content (AvgIpc) is 2.53. The van der Waals surface area contributed by atoms with E-state index in [-0.39, 0.29) is 30.0 Å². The van der Waals surface area contributed by atoms with Crippen LogP contribution in [0.5, 0.6) is 5.75 Å². The van der Waals surface area contributed by atoms with Crippen molar-refractivity contribution in [2.45, 2.75) is 46.0 Å². The molecule has 150 valence electrons. The summed E-state index contributed by atoms with van der Waals surface area (Å²) in [4.78, 5) is 25.7. The fraction of sp³-hybridized carbons (Fsp3) is 0.556. The third-order valence-corrected chi connectivity index (χ3v) is 4.99. The average molecular weight is 408 g/mol. The van der Waals surface area contributed by atoms with Gasteiger partial charge in [0.15, 0.2) is 5.78 Å². The summed E-state index contributed by atoms with van der Waals surface area (Å²) in [6.45, 7) is 5.81. The second-order valence-corrected chi connectivity index (χ2v) is 8.04. The molecule has 2 rings (SSSR count). The fourth-order valence-corrected chi connectivity index (χ4v) is 3.57. The van der Waals surface area contributed by atoms with Crippen molar-refractivity contribution in [1.82, 2.24) is 4.90 Å². The maximum atomic E-state index is 12.9. The first kappa shape index (κ1) is 21.3. The molecule has 5 nitrogen and oxygen atoms in total. The van der Waals surface area contributed by atoms with E-state index < -0.39 is 41.4 Å². The summed E-state index contributed by atoms with van der Waals surface area (Å²) in [6, 6.07) is 2.81. The van der Waals surface area contributed by atoms with Crippen molar-refractivity contribution in [1.29, 1.82) is 0 Å². The predicted octanol–water partition coefficient (Wildman–Crippen LogP) is 5.23. The lowest BCUT2D eigenvalue weighted by Crippen LogP contribution is -2.52. The number of Topliss-reactive ketones (excluding diaryl/α,β-unsaturated/α-hetero) is 1. The number of hydrogen-bond acceptors (Lipinski definition) is 3. The molecule has 1 N–H and O–H groups in total. The summed E-state index contributed by atoms with van der Waals surface area (Å²) >= 11 is 6.02. The Hall–Kier alpha value is -1.96. The molecular formula is C18H21ClF3NO4. The van der Waals surface area contributed by atoms with Gasteiger partial charge in [0, 0.05) is 24.1 Å². The lowest BCUT2D eigenvalue weighted by Gasteiger charge is -2.44. The smallest absolute Gasteiger partial charge is 0.465 e. The van der Waals surface area contributed by atoms with Gasteiger partial charge in [0.1, 0.15) is 5.75 Å². The van der Waals surface area contributed by atoms with Crippen molar-refractivity contribution >= 4 is 23.5 Å². The zero-order valence-electron chi connectivity index (χ0n) is 15.1. The number of likely N-dealkylation sites (tertiary alicyclic amines) is 1. The van der Waals surface area contributed by atoms with E-state index in [0.29, 0.717) is 0 Å². The van der Waals surface area contributed by atoms with Crippen LogP contribution in [0, 0.1) is 11.3 Å². The van der Waals surface area contributed by atoms with Gasteiger partial charge in [0.2, 0.25) is 0 Å². The number of ketones is 1. The van der Waals surface area contributed by atoms with Gasteiger partial charge in [-0.1, -0.05) is 32.4 Å². The van der Waals surface area contributed by atoms with Gasteiger partial charge in [0.05, 0.1) is 5.02 Å². The van der Waals surface area contributed by atoms with Crippen LogP contribution in [0.4, 0.5) is 18.0 Å². The Labute approximate surface area is 160 Å². The minimum atomic E-state index is -4.88. The number of rotatable bonds is 3. The topological polar surface area (TPSA) is 66.8 Å². The molecule has 27 heavy (non-hydrogen) atoms. The quantitative estimate of drug-likeness (QED) is 0.697. The van der Waals surface area contributed by atoms with Crippen LogP contribution in [0.2, 0.25) is 5.02 Å². The maximum Gasteiger partial charge on any atom is 0.573 e. The summed E-state index contributed by atoms with van der Waals surface area (Å²) in [7, 11) is 0. The molecule has 0 bridgehead atoms. The van der Waals surface area contributed by atoms with Gasteiger partial charge in [-0.2, -0.15) is 0 Å². The third-order valence-electron chi connectivity index (χ3n) is 4.66. The van der Waals surface area contributed by atoms with E-state index >= 15 is 0 Å². The van der Waals surface area contributed by atoms with E-state index in [1.165, 1.54) is 11.0 Å². The number of nitrogens with zero attached hydrogens (tertiary/aromatic N) is 1. The molecule has 1 aliphatic rings. The van der Waals surface area contributed by atoms with Crippen molar-refractivity contribution in [3.8, 4) is 5.75 Å². The van der Waals surface area contributed by atoms with Crippen LogP contribution in [0.15, 0.2) is 18.2 Å². The SMILES string of the molecule is CC(C)(C)C1CC(C(=O)c2cc(OC(F)(F)F)ccc2Cl)CCN1C(=O)O. The number of hydrogen-bond donors (Lipinski definition) is 1. The molecule has 9 heteroatoms. The van der Waals surface area contributed by atoms with Crippen molar-refractivity contribution in [3.05, 3.63) is 28.8 Å². The first-order valence-electron chi connectivity index (χ1n) is 8.38. The van der Waals surface area contributed by atoms with Crippen LogP contribution in [0.3, 0.4) is 0 Å². The first-order chi connectivity index (χ1) is 12.3. The summed E-state index contributed by atoms with van der Waals surface area (Å²) in [5, 5.41) is 9.43. The molecule has 0 saturated carbocycles. The number of alkyl halides is 3. The van der Waals surface area contributed by atoms with Gasteiger partial charge in [-0.3, -0.25) is 4.79 Å². The van der Waals surface area contributed by atoms with Crippen LogP contribution < -0.4 is 4.74 Å². The molecule has 0 radical (unpaired) electrons. The molecular weight excluding hydrogens is 387 g/mol. The minimum Gasteiger partial charge on any atom is -0.465 e. The molecule has 1 aromatic carbocycles. The number of piperidine rings is 1. The number of carboxylic acid groups (broad SMARTS) is 1. The Balaban J connectivity index is 2.27. The monoisotopic (exact) mass is 407 g/mol. The van der Waals surface area contributed by atoms with Crippen molar-refractivity contribution in [2.24, 2.45) is 11.3 Å². The Kier molecular flexibility index (Phi) is 5.99. The van der Waals surface area contributed by atoms with Gasteiger partial charge in [-0.25, -0.2) is 4.79 Å².